The summed E-state index contributed by atoms with van der Waals surface area (Å²) >= 11 is 0. The fourth-order valence-electron chi connectivity index (χ4n) is 4.43. The van der Waals surface area contributed by atoms with E-state index < -0.39 is 0 Å². The highest BCUT2D eigenvalue weighted by molar-refractivity contribution is 5.93. The monoisotopic (exact) mass is 489 g/mol. The molecule has 2 aromatic rings. The number of amides is 1. The molecule has 7 nitrogen and oxygen atoms in total. The van der Waals surface area contributed by atoms with Crippen LogP contribution >= 0.6 is 0 Å². The van der Waals surface area contributed by atoms with E-state index >= 15 is 0 Å². The van der Waals surface area contributed by atoms with E-state index in [2.05, 4.69) is 28.6 Å². The van der Waals surface area contributed by atoms with E-state index in [9.17, 15) is 9.18 Å². The van der Waals surface area contributed by atoms with Crippen LogP contribution in [-0.2, 0) is 11.2 Å². The van der Waals surface area contributed by atoms with E-state index in [-0.39, 0.29) is 29.6 Å². The van der Waals surface area contributed by atoms with Crippen LogP contribution in [0.3, 0.4) is 0 Å². The van der Waals surface area contributed by atoms with Crippen LogP contribution in [0.2, 0.25) is 0 Å². The second-order valence-electron chi connectivity index (χ2n) is 9.01. The summed E-state index contributed by atoms with van der Waals surface area (Å²) in [6.45, 7) is 5.82. The van der Waals surface area contributed by atoms with Crippen molar-refractivity contribution in [2.24, 2.45) is 9.98 Å². The van der Waals surface area contributed by atoms with E-state index in [0.29, 0.717) is 26.2 Å². The molecule has 188 valence electrons. The van der Waals surface area contributed by atoms with Crippen molar-refractivity contribution in [2.45, 2.75) is 25.0 Å². The molecule has 1 saturated heterocycles. The van der Waals surface area contributed by atoms with Gasteiger partial charge in [0.2, 0.25) is 0 Å². The first kappa shape index (κ1) is 25.3. The summed E-state index contributed by atoms with van der Waals surface area (Å²) in [7, 11) is 2.06. The molecule has 0 saturated carbocycles. The Bertz CT molecular complexity index is 1120. The molecule has 2 aromatic carbocycles. The van der Waals surface area contributed by atoms with E-state index in [1.54, 1.807) is 35.5 Å². The maximum absolute atomic E-state index is 13.6. The van der Waals surface area contributed by atoms with Crippen LogP contribution in [0.15, 0.2) is 88.8 Å². The summed E-state index contributed by atoms with van der Waals surface area (Å²) < 4.78 is 19.5. The average molecular weight is 490 g/mol. The van der Waals surface area contributed by atoms with Crippen molar-refractivity contribution in [3.8, 4) is 5.75 Å². The Kier molecular flexibility index (Phi) is 8.62. The zero-order valence-corrected chi connectivity index (χ0v) is 20.5. The first-order valence-corrected chi connectivity index (χ1v) is 12.1. The van der Waals surface area contributed by atoms with Gasteiger partial charge >= 0.3 is 0 Å². The molecule has 1 fully saturated rings. The van der Waals surface area contributed by atoms with Crippen LogP contribution < -0.4 is 4.74 Å². The SMILES string of the molecule is C=N/C(=C\N1C=CC=NC1)C(=O)N(CCc1ccc(F)cc1)CC1CC(Oc2ccccc2)CN1C. The first-order chi connectivity index (χ1) is 17.5. The summed E-state index contributed by atoms with van der Waals surface area (Å²) in [5.41, 5.74) is 1.22. The van der Waals surface area contributed by atoms with E-state index in [4.69, 9.17) is 4.74 Å². The van der Waals surface area contributed by atoms with Gasteiger partial charge in [-0.25, -0.2) is 4.39 Å². The second-order valence-corrected chi connectivity index (χ2v) is 9.01. The molecule has 2 aliphatic rings. The third-order valence-corrected chi connectivity index (χ3v) is 6.39. The highest BCUT2D eigenvalue weighted by atomic mass is 19.1. The van der Waals surface area contributed by atoms with Crippen LogP contribution in [0.1, 0.15) is 12.0 Å². The smallest absolute Gasteiger partial charge is 0.274 e. The Morgan fingerprint density at radius 3 is 2.72 bits per heavy atom. The Morgan fingerprint density at radius 2 is 2.03 bits per heavy atom. The lowest BCUT2D eigenvalue weighted by molar-refractivity contribution is -0.127. The largest absolute Gasteiger partial charge is 0.489 e. The number of carbonyl (C=O) groups excluding carboxylic acids is 1. The number of benzene rings is 2. The lowest BCUT2D eigenvalue weighted by Gasteiger charge is -2.29. The third kappa shape index (κ3) is 6.88. The van der Waals surface area contributed by atoms with Crippen molar-refractivity contribution in [1.29, 1.82) is 0 Å². The molecule has 0 N–H and O–H groups in total. The van der Waals surface area contributed by atoms with Gasteiger partial charge in [0.25, 0.3) is 5.91 Å². The molecule has 2 heterocycles. The topological polar surface area (TPSA) is 60.7 Å². The van der Waals surface area contributed by atoms with Crippen molar-refractivity contribution >= 4 is 18.8 Å². The maximum atomic E-state index is 13.6. The van der Waals surface area contributed by atoms with Crippen LogP contribution in [0.5, 0.6) is 5.75 Å². The van der Waals surface area contributed by atoms with Crippen molar-refractivity contribution in [3.05, 3.63) is 90.2 Å². The number of aliphatic imine (C=N–C) groups is 2. The van der Waals surface area contributed by atoms with E-state index in [1.807, 2.05) is 41.4 Å². The van der Waals surface area contributed by atoms with E-state index in [0.717, 1.165) is 24.3 Å². The number of rotatable bonds is 10. The summed E-state index contributed by atoms with van der Waals surface area (Å²) in [6, 6.07) is 16.3. The zero-order valence-electron chi connectivity index (χ0n) is 20.5. The van der Waals surface area contributed by atoms with E-state index in [1.165, 1.54) is 12.1 Å². The number of hydrogen-bond acceptors (Lipinski definition) is 6. The molecule has 0 bridgehead atoms. The summed E-state index contributed by atoms with van der Waals surface area (Å²) in [4.78, 5) is 27.7. The predicted molar refractivity (Wildman–Crippen MR) is 141 cm³/mol. The molecule has 2 atom stereocenters. The normalized spacial score (nSPS) is 19.9. The molecule has 0 aromatic heterocycles. The van der Waals surface area contributed by atoms with Gasteiger partial charge < -0.3 is 14.5 Å². The number of nitrogens with zero attached hydrogens (tertiary/aromatic N) is 5. The minimum atomic E-state index is -0.276. The number of halogens is 1. The molecular formula is C28H32FN5O2. The fourth-order valence-corrected chi connectivity index (χ4v) is 4.43. The molecular weight excluding hydrogens is 457 g/mol. The van der Waals surface area contributed by atoms with Gasteiger partial charge in [-0.05, 0) is 56.1 Å². The van der Waals surface area contributed by atoms with Gasteiger partial charge in [-0.15, -0.1) is 0 Å². The molecule has 2 unspecified atom stereocenters. The quantitative estimate of drug-likeness (QED) is 0.377. The minimum Gasteiger partial charge on any atom is -0.489 e. The summed E-state index contributed by atoms with van der Waals surface area (Å²) in [5, 5.41) is 0. The number of para-hydroxylation sites is 1. The number of ether oxygens (including phenoxy) is 1. The van der Waals surface area contributed by atoms with Gasteiger partial charge in [0.15, 0.2) is 0 Å². The molecule has 0 aliphatic carbocycles. The molecule has 2 aliphatic heterocycles. The number of carbonyl (C=O) groups is 1. The van der Waals surface area contributed by atoms with Gasteiger partial charge in [-0.3, -0.25) is 19.7 Å². The van der Waals surface area contributed by atoms with Crippen molar-refractivity contribution in [1.82, 2.24) is 14.7 Å². The lowest BCUT2D eigenvalue weighted by atomic mass is 10.1. The lowest BCUT2D eigenvalue weighted by Crippen LogP contribution is -2.43. The highest BCUT2D eigenvalue weighted by Gasteiger charge is 2.33. The molecule has 0 radical (unpaired) electrons. The number of hydrogen-bond donors (Lipinski definition) is 0. The first-order valence-electron chi connectivity index (χ1n) is 12.1. The van der Waals surface area contributed by atoms with Crippen molar-refractivity contribution < 1.29 is 13.9 Å². The summed E-state index contributed by atoms with van der Waals surface area (Å²) in [6.07, 6.45) is 8.47. The number of likely N-dealkylation sites (N-methyl/N-ethyl adjacent to an activating group) is 1. The van der Waals surface area contributed by atoms with Crippen molar-refractivity contribution in [3.63, 3.8) is 0 Å². The zero-order chi connectivity index (χ0) is 25.3. The fraction of sp³-hybridized carbons (Fsp3) is 0.321. The van der Waals surface area contributed by atoms with Crippen LogP contribution in [-0.4, -0.2) is 79.0 Å². The van der Waals surface area contributed by atoms with Gasteiger partial charge in [0.1, 0.15) is 30.0 Å². The van der Waals surface area contributed by atoms with Crippen LogP contribution in [0.4, 0.5) is 4.39 Å². The molecule has 8 heteroatoms. The Morgan fingerprint density at radius 1 is 1.25 bits per heavy atom. The van der Waals surface area contributed by atoms with Crippen molar-refractivity contribution in [2.75, 3.05) is 33.4 Å². The highest BCUT2D eigenvalue weighted by Crippen LogP contribution is 2.23. The van der Waals surface area contributed by atoms with Gasteiger partial charge in [-0.1, -0.05) is 30.3 Å². The summed E-state index contributed by atoms with van der Waals surface area (Å²) in [5.74, 6) is 0.372. The van der Waals surface area contributed by atoms with Gasteiger partial charge in [0.05, 0.1) is 0 Å². The standard InChI is InChI=1S/C28H32FN5O2/c1-30-27(20-33-15-6-14-31-21-33)28(35)34(16-13-22-9-11-23(29)12-10-22)18-24-17-26(19-32(24)2)36-25-7-4-3-5-8-25/h3-12,14-15,20,24,26H,1,13,16-19,21H2,2H3/b27-20-. The third-order valence-electron chi connectivity index (χ3n) is 6.39. The predicted octanol–water partition coefficient (Wildman–Crippen LogP) is 3.75. The molecule has 0 spiro atoms. The molecule has 4 rings (SSSR count). The minimum absolute atomic E-state index is 0.0420. The van der Waals surface area contributed by atoms with Crippen LogP contribution in [0, 0.1) is 5.82 Å². The van der Waals surface area contributed by atoms with Gasteiger partial charge in [-0.2, -0.15) is 0 Å². The van der Waals surface area contributed by atoms with Crippen LogP contribution in [0.25, 0.3) is 0 Å². The Hall–Kier alpha value is -3.78. The second kappa shape index (κ2) is 12.3. The van der Waals surface area contributed by atoms with Gasteiger partial charge in [0, 0.05) is 50.7 Å². The molecule has 36 heavy (non-hydrogen) atoms. The average Bonchev–Trinajstić information content (AvgIpc) is 3.24. The Labute approximate surface area is 211 Å². The molecule has 1 amide bonds. The number of allylic oxidation sites excluding steroid dienone is 1. The number of likely N-dealkylation sites (tertiary alicyclic amines) is 1. The maximum Gasteiger partial charge on any atom is 0.274 e. The Balaban J connectivity index is 1.47.